The first kappa shape index (κ1) is 19.9. The molecule has 1 aliphatic heterocycles. The van der Waals surface area contributed by atoms with Crippen LogP contribution in [0.2, 0.25) is 0 Å². The number of amides is 1. The summed E-state index contributed by atoms with van der Waals surface area (Å²) < 4.78 is 7.34. The summed E-state index contributed by atoms with van der Waals surface area (Å²) in [4.78, 5) is 34.2. The lowest BCUT2D eigenvalue weighted by molar-refractivity contribution is -0.132. The van der Waals surface area contributed by atoms with Gasteiger partial charge in [0.25, 0.3) is 5.56 Å². The molecule has 1 saturated heterocycles. The molecule has 4 heterocycles. The molecule has 0 bridgehead atoms. The molecule has 0 N–H and O–H groups in total. The van der Waals surface area contributed by atoms with Crippen molar-refractivity contribution >= 4 is 27.5 Å². The third kappa shape index (κ3) is 3.88. The third-order valence-electron chi connectivity index (χ3n) is 5.88. The van der Waals surface area contributed by atoms with Crippen molar-refractivity contribution in [2.45, 2.75) is 58.9 Å². The van der Waals surface area contributed by atoms with Crippen molar-refractivity contribution < 1.29 is 9.21 Å². The van der Waals surface area contributed by atoms with Gasteiger partial charge in [0.2, 0.25) is 5.91 Å². The summed E-state index contributed by atoms with van der Waals surface area (Å²) >= 11 is 1.60. The van der Waals surface area contributed by atoms with E-state index in [2.05, 4.69) is 18.8 Å². The Kier molecular flexibility index (Phi) is 5.58. The maximum absolute atomic E-state index is 13.1. The second-order valence-corrected chi connectivity index (χ2v) is 8.96. The Labute approximate surface area is 174 Å². The average Bonchev–Trinajstić information content (AvgIpc) is 3.28. The molecule has 1 aliphatic rings. The van der Waals surface area contributed by atoms with Crippen molar-refractivity contribution in [1.82, 2.24) is 14.5 Å². The zero-order valence-electron chi connectivity index (χ0n) is 17.2. The number of hydrogen-bond acceptors (Lipinski definition) is 5. The standard InChI is InChI=1S/C22H27N3O3S/c1-4-18-15(3)29-21-20(18)22(27)25(13-23-21)16-9-11-24(12-10-16)19(26)8-7-17-6-5-14(2)28-17/h5-6,13,16H,4,7-12H2,1-3H3. The third-order valence-corrected chi connectivity index (χ3v) is 6.94. The number of likely N-dealkylation sites (tertiary alicyclic amines) is 1. The summed E-state index contributed by atoms with van der Waals surface area (Å²) in [6.45, 7) is 7.40. The lowest BCUT2D eigenvalue weighted by atomic mass is 10.0. The molecule has 0 aromatic carbocycles. The van der Waals surface area contributed by atoms with Crippen molar-refractivity contribution in [3.63, 3.8) is 0 Å². The van der Waals surface area contributed by atoms with Crippen LogP contribution in [0, 0.1) is 13.8 Å². The van der Waals surface area contributed by atoms with Gasteiger partial charge in [-0.3, -0.25) is 14.2 Å². The summed E-state index contributed by atoms with van der Waals surface area (Å²) in [7, 11) is 0. The lowest BCUT2D eigenvalue weighted by Crippen LogP contribution is -2.41. The Bertz CT molecular complexity index is 1090. The van der Waals surface area contributed by atoms with Crippen LogP contribution >= 0.6 is 11.3 Å². The van der Waals surface area contributed by atoms with Gasteiger partial charge in [-0.25, -0.2) is 4.98 Å². The van der Waals surface area contributed by atoms with Gasteiger partial charge in [0.15, 0.2) is 0 Å². The SMILES string of the molecule is CCc1c(C)sc2ncn(C3CCN(C(=O)CCc4ccc(C)o4)CC3)c(=O)c12. The minimum absolute atomic E-state index is 0.0640. The van der Waals surface area contributed by atoms with E-state index in [-0.39, 0.29) is 17.5 Å². The Morgan fingerprint density at radius 1 is 1.28 bits per heavy atom. The van der Waals surface area contributed by atoms with E-state index in [0.717, 1.165) is 46.6 Å². The minimum Gasteiger partial charge on any atom is -0.466 e. The first-order valence-corrected chi connectivity index (χ1v) is 11.1. The summed E-state index contributed by atoms with van der Waals surface area (Å²) in [6, 6.07) is 3.95. The Balaban J connectivity index is 1.42. The summed E-state index contributed by atoms with van der Waals surface area (Å²) in [5, 5.41) is 0.782. The van der Waals surface area contributed by atoms with E-state index in [1.165, 1.54) is 4.88 Å². The summed E-state index contributed by atoms with van der Waals surface area (Å²) in [6.07, 6.45) is 5.19. The first-order chi connectivity index (χ1) is 14.0. The quantitative estimate of drug-likeness (QED) is 0.633. The Morgan fingerprint density at radius 2 is 2.03 bits per heavy atom. The molecular weight excluding hydrogens is 386 g/mol. The molecule has 4 rings (SSSR count). The second-order valence-electron chi connectivity index (χ2n) is 7.75. The molecule has 0 atom stereocenters. The number of rotatable bonds is 5. The molecule has 3 aromatic rings. The fraction of sp³-hybridized carbons (Fsp3) is 0.500. The fourth-order valence-electron chi connectivity index (χ4n) is 4.26. The molecule has 0 spiro atoms. The Hall–Kier alpha value is -2.41. The number of carbonyl (C=O) groups excluding carboxylic acids is 1. The zero-order chi connectivity index (χ0) is 20.5. The van der Waals surface area contributed by atoms with Crippen molar-refractivity contribution in [2.75, 3.05) is 13.1 Å². The van der Waals surface area contributed by atoms with E-state index < -0.39 is 0 Å². The molecule has 0 aliphatic carbocycles. The number of aryl methyl sites for hydroxylation is 4. The van der Waals surface area contributed by atoms with E-state index in [1.54, 1.807) is 22.2 Å². The Morgan fingerprint density at radius 3 is 2.69 bits per heavy atom. The van der Waals surface area contributed by atoms with Crippen molar-refractivity contribution in [3.8, 4) is 0 Å². The van der Waals surface area contributed by atoms with Gasteiger partial charge in [0, 0.05) is 36.9 Å². The number of aromatic nitrogens is 2. The molecule has 7 heteroatoms. The number of hydrogen-bond donors (Lipinski definition) is 0. The van der Waals surface area contributed by atoms with Crippen molar-refractivity contribution in [3.05, 3.63) is 50.8 Å². The van der Waals surface area contributed by atoms with Crippen LogP contribution in [0.4, 0.5) is 0 Å². The van der Waals surface area contributed by atoms with Gasteiger partial charge in [0.05, 0.1) is 11.7 Å². The van der Waals surface area contributed by atoms with E-state index >= 15 is 0 Å². The van der Waals surface area contributed by atoms with Crippen LogP contribution in [-0.4, -0.2) is 33.4 Å². The number of carbonyl (C=O) groups is 1. The highest BCUT2D eigenvalue weighted by atomic mass is 32.1. The summed E-state index contributed by atoms with van der Waals surface area (Å²) in [5.74, 6) is 1.88. The highest BCUT2D eigenvalue weighted by molar-refractivity contribution is 7.18. The van der Waals surface area contributed by atoms with Crippen LogP contribution in [0.25, 0.3) is 10.2 Å². The van der Waals surface area contributed by atoms with Gasteiger partial charge < -0.3 is 9.32 Å². The highest BCUT2D eigenvalue weighted by Gasteiger charge is 2.25. The van der Waals surface area contributed by atoms with Crippen LogP contribution in [0.1, 0.15) is 54.2 Å². The molecule has 1 fully saturated rings. The number of nitrogens with zero attached hydrogens (tertiary/aromatic N) is 3. The number of furan rings is 1. The van der Waals surface area contributed by atoms with E-state index in [0.29, 0.717) is 25.9 Å². The highest BCUT2D eigenvalue weighted by Crippen LogP contribution is 2.28. The normalized spacial score (nSPS) is 15.3. The second kappa shape index (κ2) is 8.14. The first-order valence-electron chi connectivity index (χ1n) is 10.3. The van der Waals surface area contributed by atoms with E-state index in [1.807, 2.05) is 24.0 Å². The molecule has 0 saturated carbocycles. The summed E-state index contributed by atoms with van der Waals surface area (Å²) in [5.41, 5.74) is 1.19. The van der Waals surface area contributed by atoms with Gasteiger partial charge in [-0.2, -0.15) is 0 Å². The predicted octanol–water partition coefficient (Wildman–Crippen LogP) is 4.03. The number of piperidine rings is 1. The van der Waals surface area contributed by atoms with Crippen molar-refractivity contribution in [2.24, 2.45) is 0 Å². The topological polar surface area (TPSA) is 68.3 Å². The van der Waals surface area contributed by atoms with Gasteiger partial charge in [-0.1, -0.05) is 6.92 Å². The van der Waals surface area contributed by atoms with Gasteiger partial charge in [-0.05, 0) is 50.8 Å². The maximum Gasteiger partial charge on any atom is 0.262 e. The monoisotopic (exact) mass is 413 g/mol. The van der Waals surface area contributed by atoms with E-state index in [4.69, 9.17) is 4.42 Å². The molecule has 6 nitrogen and oxygen atoms in total. The fourth-order valence-corrected chi connectivity index (χ4v) is 5.33. The smallest absolute Gasteiger partial charge is 0.262 e. The average molecular weight is 414 g/mol. The van der Waals surface area contributed by atoms with Gasteiger partial charge in [-0.15, -0.1) is 11.3 Å². The van der Waals surface area contributed by atoms with Gasteiger partial charge >= 0.3 is 0 Å². The van der Waals surface area contributed by atoms with Crippen LogP contribution < -0.4 is 5.56 Å². The van der Waals surface area contributed by atoms with Gasteiger partial charge in [0.1, 0.15) is 16.4 Å². The van der Waals surface area contributed by atoms with Crippen LogP contribution in [0.15, 0.2) is 27.7 Å². The molecule has 29 heavy (non-hydrogen) atoms. The molecule has 1 amide bonds. The van der Waals surface area contributed by atoms with Crippen LogP contribution in [-0.2, 0) is 17.6 Å². The number of thiophene rings is 1. The molecule has 154 valence electrons. The van der Waals surface area contributed by atoms with Crippen LogP contribution in [0.3, 0.4) is 0 Å². The lowest BCUT2D eigenvalue weighted by Gasteiger charge is -2.32. The van der Waals surface area contributed by atoms with Crippen molar-refractivity contribution in [1.29, 1.82) is 0 Å². The molecular formula is C22H27N3O3S. The maximum atomic E-state index is 13.1. The largest absolute Gasteiger partial charge is 0.466 e. The minimum atomic E-state index is 0.0640. The molecule has 3 aromatic heterocycles. The molecule has 0 radical (unpaired) electrons. The predicted molar refractivity (Wildman–Crippen MR) is 115 cm³/mol. The van der Waals surface area contributed by atoms with E-state index in [9.17, 15) is 9.59 Å². The molecule has 0 unspecified atom stereocenters. The number of fused-ring (bicyclic) bond motifs is 1. The van der Waals surface area contributed by atoms with Crippen LogP contribution in [0.5, 0.6) is 0 Å². The zero-order valence-corrected chi connectivity index (χ0v) is 18.1.